The molecule has 24 heavy (non-hydrogen) atoms. The van der Waals surface area contributed by atoms with Gasteiger partial charge in [0.05, 0.1) is 6.61 Å². The lowest BCUT2D eigenvalue weighted by Crippen LogP contribution is -2.42. The highest BCUT2D eigenvalue weighted by atomic mass is 16.3. The summed E-state index contributed by atoms with van der Waals surface area (Å²) in [5.41, 5.74) is 2.72. The summed E-state index contributed by atoms with van der Waals surface area (Å²) in [4.78, 5) is 25.8. The maximum Gasteiger partial charge on any atom is 0.313 e. The molecule has 0 aliphatic heterocycles. The molecule has 0 aliphatic carbocycles. The lowest BCUT2D eigenvalue weighted by atomic mass is 10.1. The Balaban J connectivity index is 1.96. The smallest absolute Gasteiger partial charge is 0.313 e. The highest BCUT2D eigenvalue weighted by Gasteiger charge is 2.21. The second kappa shape index (κ2) is 8.84. The topological polar surface area (TPSA) is 69.6 Å². The molecule has 2 aromatic carbocycles. The van der Waals surface area contributed by atoms with Crippen LogP contribution in [0.3, 0.4) is 0 Å². The first-order chi connectivity index (χ1) is 11.6. The number of aryl methyl sites for hydroxylation is 1. The van der Waals surface area contributed by atoms with Crippen LogP contribution in [0.5, 0.6) is 0 Å². The van der Waals surface area contributed by atoms with Gasteiger partial charge in [0.2, 0.25) is 0 Å². The largest absolute Gasteiger partial charge is 0.395 e. The van der Waals surface area contributed by atoms with E-state index in [1.54, 1.807) is 12.1 Å². The summed E-state index contributed by atoms with van der Waals surface area (Å²) in [6, 6.07) is 16.9. The van der Waals surface area contributed by atoms with Crippen molar-refractivity contribution in [1.82, 2.24) is 4.90 Å². The first kappa shape index (κ1) is 17.7. The normalized spacial score (nSPS) is 10.2. The lowest BCUT2D eigenvalue weighted by molar-refractivity contribution is -0.143. The van der Waals surface area contributed by atoms with Gasteiger partial charge in [0.1, 0.15) is 0 Å². The van der Waals surface area contributed by atoms with Gasteiger partial charge in [0.15, 0.2) is 0 Å². The molecule has 0 bridgehead atoms. The molecule has 5 nitrogen and oxygen atoms in total. The van der Waals surface area contributed by atoms with E-state index in [-0.39, 0.29) is 13.2 Å². The van der Waals surface area contributed by atoms with Crippen LogP contribution in [-0.2, 0) is 16.0 Å². The number of benzene rings is 2. The molecule has 2 N–H and O–H groups in total. The number of nitrogens with one attached hydrogen (secondary N) is 1. The number of carbonyl (C=O) groups excluding carboxylic acids is 2. The summed E-state index contributed by atoms with van der Waals surface area (Å²) in [5, 5.41) is 11.8. The standard InChI is InChI=1S/C19H22N2O3/c1-15-7-9-17(10-8-15)20-18(23)19(24)21(13-14-22)12-11-16-5-3-2-4-6-16/h2-10,22H,11-14H2,1H3,(H,20,23). The van der Waals surface area contributed by atoms with Crippen molar-refractivity contribution >= 4 is 17.5 Å². The number of hydrogen-bond donors (Lipinski definition) is 2. The molecule has 0 fully saturated rings. The third-order valence-corrected chi connectivity index (χ3v) is 3.67. The zero-order valence-electron chi connectivity index (χ0n) is 13.7. The first-order valence-corrected chi connectivity index (χ1v) is 7.92. The summed E-state index contributed by atoms with van der Waals surface area (Å²) in [6.07, 6.45) is 0.629. The average molecular weight is 326 g/mol. The number of nitrogens with zero attached hydrogens (tertiary/aromatic N) is 1. The molecule has 2 rings (SSSR count). The molecule has 0 aromatic heterocycles. The van der Waals surface area contributed by atoms with Gasteiger partial charge >= 0.3 is 11.8 Å². The van der Waals surface area contributed by atoms with Crippen molar-refractivity contribution in [2.75, 3.05) is 25.0 Å². The van der Waals surface area contributed by atoms with Gasteiger partial charge in [-0.25, -0.2) is 0 Å². The predicted octanol–water partition coefficient (Wildman–Crippen LogP) is 2.00. The summed E-state index contributed by atoms with van der Waals surface area (Å²) in [6.45, 7) is 2.28. The molecular formula is C19H22N2O3. The molecular weight excluding hydrogens is 304 g/mol. The van der Waals surface area contributed by atoms with Gasteiger partial charge in [-0.3, -0.25) is 9.59 Å². The Morgan fingerprint density at radius 1 is 1.00 bits per heavy atom. The van der Waals surface area contributed by atoms with E-state index in [0.717, 1.165) is 11.1 Å². The average Bonchev–Trinajstić information content (AvgIpc) is 2.61. The quantitative estimate of drug-likeness (QED) is 0.798. The third kappa shape index (κ3) is 5.21. The van der Waals surface area contributed by atoms with E-state index in [1.807, 2.05) is 49.4 Å². The Hall–Kier alpha value is -2.66. The molecule has 0 heterocycles. The molecule has 2 amide bonds. The van der Waals surface area contributed by atoms with E-state index in [9.17, 15) is 9.59 Å². The van der Waals surface area contributed by atoms with Crippen LogP contribution in [0.1, 0.15) is 11.1 Å². The van der Waals surface area contributed by atoms with Crippen LogP contribution < -0.4 is 5.32 Å². The van der Waals surface area contributed by atoms with E-state index in [4.69, 9.17) is 5.11 Å². The SMILES string of the molecule is Cc1ccc(NC(=O)C(=O)N(CCO)CCc2ccccc2)cc1. The Morgan fingerprint density at radius 3 is 2.29 bits per heavy atom. The van der Waals surface area contributed by atoms with Crippen LogP contribution in [0.15, 0.2) is 54.6 Å². The van der Waals surface area contributed by atoms with Gasteiger partial charge < -0.3 is 15.3 Å². The highest BCUT2D eigenvalue weighted by Crippen LogP contribution is 2.09. The van der Waals surface area contributed by atoms with E-state index >= 15 is 0 Å². The van der Waals surface area contributed by atoms with Crippen LogP contribution in [0.2, 0.25) is 0 Å². The number of amides is 2. The lowest BCUT2D eigenvalue weighted by Gasteiger charge is -2.21. The van der Waals surface area contributed by atoms with Crippen molar-refractivity contribution in [2.45, 2.75) is 13.3 Å². The van der Waals surface area contributed by atoms with Gasteiger partial charge in [-0.15, -0.1) is 0 Å². The Bertz CT molecular complexity index is 669. The fourth-order valence-corrected chi connectivity index (χ4v) is 2.31. The molecule has 0 saturated carbocycles. The van der Waals surface area contributed by atoms with Gasteiger partial charge in [0.25, 0.3) is 0 Å². The summed E-state index contributed by atoms with van der Waals surface area (Å²) in [7, 11) is 0. The second-order valence-electron chi connectivity index (χ2n) is 5.57. The van der Waals surface area contributed by atoms with E-state index < -0.39 is 11.8 Å². The van der Waals surface area contributed by atoms with Crippen LogP contribution in [0, 0.1) is 6.92 Å². The molecule has 0 atom stereocenters. The molecule has 0 aliphatic rings. The molecule has 126 valence electrons. The Labute approximate surface area is 141 Å². The van der Waals surface area contributed by atoms with Crippen LogP contribution in [0.25, 0.3) is 0 Å². The number of hydrogen-bond acceptors (Lipinski definition) is 3. The fraction of sp³-hybridized carbons (Fsp3) is 0.263. The highest BCUT2D eigenvalue weighted by molar-refractivity contribution is 6.39. The van der Waals surface area contributed by atoms with Crippen molar-refractivity contribution in [1.29, 1.82) is 0 Å². The van der Waals surface area contributed by atoms with Crippen LogP contribution in [-0.4, -0.2) is 41.5 Å². The molecule has 0 spiro atoms. The Kier molecular flexibility index (Phi) is 6.51. The Morgan fingerprint density at radius 2 is 1.67 bits per heavy atom. The maximum absolute atomic E-state index is 12.3. The minimum absolute atomic E-state index is 0.132. The minimum Gasteiger partial charge on any atom is -0.395 e. The van der Waals surface area contributed by atoms with E-state index in [1.165, 1.54) is 4.90 Å². The van der Waals surface area contributed by atoms with Gasteiger partial charge in [-0.2, -0.15) is 0 Å². The molecule has 0 saturated heterocycles. The minimum atomic E-state index is -0.694. The second-order valence-corrected chi connectivity index (χ2v) is 5.57. The maximum atomic E-state index is 12.3. The third-order valence-electron chi connectivity index (χ3n) is 3.67. The van der Waals surface area contributed by atoms with Crippen molar-refractivity contribution in [3.63, 3.8) is 0 Å². The van der Waals surface area contributed by atoms with Gasteiger partial charge in [-0.1, -0.05) is 48.0 Å². The van der Waals surface area contributed by atoms with E-state index in [2.05, 4.69) is 5.32 Å². The number of anilines is 1. The van der Waals surface area contributed by atoms with Gasteiger partial charge in [0, 0.05) is 18.8 Å². The van der Waals surface area contributed by atoms with Crippen LogP contribution >= 0.6 is 0 Å². The molecule has 5 heteroatoms. The van der Waals surface area contributed by atoms with Crippen molar-refractivity contribution < 1.29 is 14.7 Å². The zero-order chi connectivity index (χ0) is 17.4. The van der Waals surface area contributed by atoms with Crippen LogP contribution in [0.4, 0.5) is 5.69 Å². The van der Waals surface area contributed by atoms with Crippen molar-refractivity contribution in [3.8, 4) is 0 Å². The van der Waals surface area contributed by atoms with Crippen molar-refractivity contribution in [3.05, 3.63) is 65.7 Å². The summed E-state index contributed by atoms with van der Waals surface area (Å²) < 4.78 is 0. The van der Waals surface area contributed by atoms with Gasteiger partial charge in [-0.05, 0) is 31.0 Å². The number of rotatable bonds is 6. The summed E-state index contributed by atoms with van der Waals surface area (Å²) >= 11 is 0. The fourth-order valence-electron chi connectivity index (χ4n) is 2.31. The molecule has 2 aromatic rings. The molecule has 0 unspecified atom stereocenters. The monoisotopic (exact) mass is 326 g/mol. The van der Waals surface area contributed by atoms with E-state index in [0.29, 0.717) is 18.7 Å². The predicted molar refractivity (Wildman–Crippen MR) is 93.6 cm³/mol. The number of aliphatic hydroxyl groups excluding tert-OH is 1. The molecule has 0 radical (unpaired) electrons. The zero-order valence-corrected chi connectivity index (χ0v) is 13.7. The number of aliphatic hydroxyl groups is 1. The van der Waals surface area contributed by atoms with Crippen molar-refractivity contribution in [2.24, 2.45) is 0 Å². The number of carbonyl (C=O) groups is 2. The summed E-state index contributed by atoms with van der Waals surface area (Å²) in [5.74, 6) is -1.33. The first-order valence-electron chi connectivity index (χ1n) is 7.92.